The molecule has 3 rings (SSSR count). The molecule has 0 radical (unpaired) electrons. The van der Waals surface area contributed by atoms with Gasteiger partial charge in [0, 0.05) is 10.9 Å². The number of hydrogen-bond acceptors (Lipinski definition) is 5. The molecule has 2 N–H and O–H groups in total. The molecule has 0 aliphatic rings. The number of nitrogens with one attached hydrogen (secondary N) is 1. The Kier molecular flexibility index (Phi) is 6.77. The van der Waals surface area contributed by atoms with Crippen molar-refractivity contribution in [2.75, 3.05) is 19.5 Å². The summed E-state index contributed by atoms with van der Waals surface area (Å²) in [6.45, 7) is 0. The lowest BCUT2D eigenvalue weighted by Crippen LogP contribution is -2.14. The molecule has 0 aliphatic heterocycles. The van der Waals surface area contributed by atoms with E-state index in [9.17, 15) is 14.7 Å². The Balaban J connectivity index is 2.00. The first-order valence-electron chi connectivity index (χ1n) is 8.30. The van der Waals surface area contributed by atoms with Crippen molar-refractivity contribution in [3.8, 4) is 22.6 Å². The smallest absolute Gasteiger partial charge is 0.339 e. The van der Waals surface area contributed by atoms with Gasteiger partial charge in [-0.25, -0.2) is 4.79 Å². The van der Waals surface area contributed by atoms with Gasteiger partial charge in [0.1, 0.15) is 21.3 Å². The second-order valence-electron chi connectivity index (χ2n) is 5.91. The van der Waals surface area contributed by atoms with Crippen molar-refractivity contribution in [2.24, 2.45) is 0 Å². The number of amides is 1. The molecule has 0 unspecified atom stereocenters. The number of rotatable bonds is 6. The van der Waals surface area contributed by atoms with Crippen LogP contribution in [0.15, 0.2) is 35.7 Å². The van der Waals surface area contributed by atoms with Crippen LogP contribution in [0.1, 0.15) is 20.7 Å². The predicted molar refractivity (Wildman–Crippen MR) is 119 cm³/mol. The summed E-state index contributed by atoms with van der Waals surface area (Å²) < 4.78 is 10.2. The third-order valence-electron chi connectivity index (χ3n) is 4.20. The van der Waals surface area contributed by atoms with Crippen LogP contribution in [0.5, 0.6) is 11.5 Å². The van der Waals surface area contributed by atoms with E-state index in [0.29, 0.717) is 16.9 Å². The van der Waals surface area contributed by atoms with E-state index < -0.39 is 11.9 Å². The van der Waals surface area contributed by atoms with Crippen LogP contribution in [0.25, 0.3) is 11.1 Å². The summed E-state index contributed by atoms with van der Waals surface area (Å²) in [5.41, 5.74) is 1.09. The molecule has 1 amide bonds. The normalized spacial score (nSPS) is 10.6. The summed E-state index contributed by atoms with van der Waals surface area (Å²) in [7, 11) is 2.88. The number of carbonyl (C=O) groups is 2. The molecule has 0 fully saturated rings. The second kappa shape index (κ2) is 9.14. The Morgan fingerprint density at radius 1 is 1.03 bits per heavy atom. The lowest BCUT2D eigenvalue weighted by atomic mass is 10.0. The van der Waals surface area contributed by atoms with Crippen LogP contribution in [0.2, 0.25) is 15.1 Å². The zero-order chi connectivity index (χ0) is 22.0. The molecule has 6 nitrogen and oxygen atoms in total. The minimum Gasteiger partial charge on any atom is -0.497 e. The Morgan fingerprint density at radius 2 is 1.70 bits per heavy atom. The number of carbonyl (C=O) groups excluding carboxylic acids is 1. The lowest BCUT2D eigenvalue weighted by Gasteiger charge is -2.12. The summed E-state index contributed by atoms with van der Waals surface area (Å²) in [6.07, 6.45) is 0. The fraction of sp³-hybridized carbons (Fsp3) is 0.100. The fourth-order valence-corrected chi connectivity index (χ4v) is 4.48. The lowest BCUT2D eigenvalue weighted by molar-refractivity contribution is 0.0699. The van der Waals surface area contributed by atoms with Gasteiger partial charge in [0.2, 0.25) is 0 Å². The van der Waals surface area contributed by atoms with E-state index in [-0.39, 0.29) is 36.9 Å². The molecule has 1 heterocycles. The number of benzene rings is 2. The van der Waals surface area contributed by atoms with Crippen LogP contribution in [0, 0.1) is 0 Å². The summed E-state index contributed by atoms with van der Waals surface area (Å²) in [5.74, 6) is -1.14. The fourth-order valence-electron chi connectivity index (χ4n) is 2.74. The highest BCUT2D eigenvalue weighted by Crippen LogP contribution is 2.41. The summed E-state index contributed by atoms with van der Waals surface area (Å²) in [6, 6.07) is 8.21. The monoisotopic (exact) mass is 485 g/mol. The van der Waals surface area contributed by atoms with Gasteiger partial charge < -0.3 is 19.9 Å². The molecule has 0 aliphatic carbocycles. The van der Waals surface area contributed by atoms with Crippen molar-refractivity contribution in [3.05, 3.63) is 61.9 Å². The second-order valence-corrected chi connectivity index (χ2v) is 7.95. The zero-order valence-corrected chi connectivity index (χ0v) is 18.7. The maximum atomic E-state index is 12.8. The molecule has 3 aromatic rings. The molecule has 0 spiro atoms. The predicted octanol–water partition coefficient (Wildman–Crippen LogP) is 6.34. The number of hydrogen-bond donors (Lipinski definition) is 2. The van der Waals surface area contributed by atoms with Crippen molar-refractivity contribution in [2.45, 2.75) is 0 Å². The van der Waals surface area contributed by atoms with Gasteiger partial charge >= 0.3 is 5.97 Å². The number of carboxylic acid groups (broad SMARTS) is 1. The maximum absolute atomic E-state index is 12.8. The number of aromatic carboxylic acids is 1. The number of halogens is 3. The van der Waals surface area contributed by atoms with Crippen LogP contribution in [-0.2, 0) is 0 Å². The molecule has 1 aromatic heterocycles. The Bertz CT molecular complexity index is 1130. The summed E-state index contributed by atoms with van der Waals surface area (Å²) >= 11 is 19.4. The van der Waals surface area contributed by atoms with Gasteiger partial charge in [-0.15, -0.1) is 11.3 Å². The number of carboxylic acids is 1. The Morgan fingerprint density at radius 3 is 2.27 bits per heavy atom. The van der Waals surface area contributed by atoms with Gasteiger partial charge in [-0.2, -0.15) is 0 Å². The molecule has 0 saturated carbocycles. The molecular formula is C20H14Cl3NO5S. The standard InChI is InChI=1S/C20H14Cl3NO5S/c1-28-10-5-3-9(4-6-10)12-8-30-19(14(12)20(26)27)24-18(25)11-7-13(21)16(23)17(29-2)15(11)22/h3-8H,1-2H3,(H,24,25)(H,26,27). The van der Waals surface area contributed by atoms with Gasteiger partial charge in [-0.05, 0) is 23.8 Å². The van der Waals surface area contributed by atoms with E-state index in [4.69, 9.17) is 44.3 Å². The molecular weight excluding hydrogens is 473 g/mol. The van der Waals surface area contributed by atoms with Crippen LogP contribution in [0.3, 0.4) is 0 Å². The highest BCUT2D eigenvalue weighted by molar-refractivity contribution is 7.15. The van der Waals surface area contributed by atoms with Crippen molar-refractivity contribution < 1.29 is 24.2 Å². The number of ether oxygens (including phenoxy) is 2. The van der Waals surface area contributed by atoms with Gasteiger partial charge in [-0.1, -0.05) is 46.9 Å². The Labute approximate surface area is 190 Å². The maximum Gasteiger partial charge on any atom is 0.339 e. The number of anilines is 1. The highest BCUT2D eigenvalue weighted by atomic mass is 35.5. The van der Waals surface area contributed by atoms with Crippen LogP contribution in [-0.4, -0.2) is 31.2 Å². The van der Waals surface area contributed by atoms with Crippen molar-refractivity contribution in [3.63, 3.8) is 0 Å². The summed E-state index contributed by atoms with van der Waals surface area (Å²) in [5, 5.41) is 14.3. The topological polar surface area (TPSA) is 84.9 Å². The van der Waals surface area contributed by atoms with Crippen LogP contribution < -0.4 is 14.8 Å². The van der Waals surface area contributed by atoms with Crippen molar-refractivity contribution in [1.82, 2.24) is 0 Å². The summed E-state index contributed by atoms with van der Waals surface area (Å²) in [4.78, 5) is 24.7. The first-order valence-corrected chi connectivity index (χ1v) is 10.3. The third-order valence-corrected chi connectivity index (χ3v) is 6.24. The van der Waals surface area contributed by atoms with E-state index >= 15 is 0 Å². The van der Waals surface area contributed by atoms with Crippen molar-refractivity contribution >= 4 is 63.0 Å². The molecule has 2 aromatic carbocycles. The minimum atomic E-state index is -1.19. The van der Waals surface area contributed by atoms with Gasteiger partial charge in [0.25, 0.3) is 5.91 Å². The van der Waals surface area contributed by atoms with E-state index in [1.54, 1.807) is 36.8 Å². The first-order chi connectivity index (χ1) is 14.3. The largest absolute Gasteiger partial charge is 0.497 e. The van der Waals surface area contributed by atoms with E-state index in [0.717, 1.165) is 11.3 Å². The van der Waals surface area contributed by atoms with Gasteiger partial charge in [-0.3, -0.25) is 4.79 Å². The molecule has 10 heteroatoms. The third kappa shape index (κ3) is 4.20. The quantitative estimate of drug-likeness (QED) is 0.397. The average Bonchev–Trinajstić information content (AvgIpc) is 3.15. The van der Waals surface area contributed by atoms with E-state index in [1.165, 1.54) is 13.2 Å². The highest BCUT2D eigenvalue weighted by Gasteiger charge is 2.24. The molecule has 0 bridgehead atoms. The minimum absolute atomic E-state index is 0.00125. The van der Waals surface area contributed by atoms with Crippen LogP contribution in [0.4, 0.5) is 5.00 Å². The SMILES string of the molecule is COc1ccc(-c2csc(NC(=O)c3cc(Cl)c(Cl)c(OC)c3Cl)c2C(=O)O)cc1. The van der Waals surface area contributed by atoms with Gasteiger partial charge in [0.05, 0.1) is 29.8 Å². The Hall–Kier alpha value is -2.45. The van der Waals surface area contributed by atoms with E-state index in [2.05, 4.69) is 5.32 Å². The van der Waals surface area contributed by atoms with Gasteiger partial charge in [0.15, 0.2) is 5.75 Å². The van der Waals surface area contributed by atoms with Crippen LogP contribution >= 0.6 is 46.1 Å². The first kappa shape index (κ1) is 22.2. The van der Waals surface area contributed by atoms with Crippen molar-refractivity contribution in [1.29, 1.82) is 0 Å². The molecule has 0 saturated heterocycles. The average molecular weight is 487 g/mol. The zero-order valence-electron chi connectivity index (χ0n) is 15.6. The van der Waals surface area contributed by atoms with E-state index in [1.807, 2.05) is 0 Å². The molecule has 30 heavy (non-hydrogen) atoms. The number of methoxy groups -OCH3 is 2. The molecule has 0 atom stereocenters. The molecule has 156 valence electrons. The number of thiophene rings is 1.